The van der Waals surface area contributed by atoms with Gasteiger partial charge in [-0.25, -0.2) is 0 Å². The molecule has 0 saturated heterocycles. The molecule has 0 spiro atoms. The first-order chi connectivity index (χ1) is 18.1. The molecule has 0 aromatic heterocycles. The average Bonchev–Trinajstić information content (AvgIpc) is 3.50. The second kappa shape index (κ2) is 24.4. The molecule has 0 aromatic carbocycles. The largest absolute Gasteiger partial charge is 0.316 e. The minimum absolute atomic E-state index is 0.133. The number of rotatable bonds is 11. The summed E-state index contributed by atoms with van der Waals surface area (Å²) in [6, 6.07) is 1.01. The first-order valence-corrected chi connectivity index (χ1v) is 14.6. The Kier molecular flexibility index (Phi) is 24.8. The lowest BCUT2D eigenvalue weighted by Crippen LogP contribution is -2.47. The number of hydrogen-bond acceptors (Lipinski definition) is 6. The van der Waals surface area contributed by atoms with Gasteiger partial charge >= 0.3 is 0 Å². The molecule has 6 N–H and O–H groups in total. The molecule has 2 aliphatic rings. The fraction of sp³-hybridized carbons (Fsp3) is 0.800. The third-order valence-electron chi connectivity index (χ3n) is 7.11. The first-order valence-electron chi connectivity index (χ1n) is 14.6. The minimum Gasteiger partial charge on any atom is -0.316 e. The van der Waals surface area contributed by atoms with E-state index in [1.165, 1.54) is 37.7 Å². The predicted octanol–water partition coefficient (Wildman–Crippen LogP) is 6.28. The molecule has 0 aliphatic heterocycles. The number of nitrogens with zero attached hydrogens (tertiary/aromatic N) is 2. The van der Waals surface area contributed by atoms with Crippen molar-refractivity contribution < 1.29 is 4.39 Å². The van der Waals surface area contributed by atoms with E-state index in [1.807, 2.05) is 18.7 Å². The maximum Gasteiger partial charge on any atom is 0.104 e. The monoisotopic (exact) mass is 540 g/mol. The number of nitrogens with two attached hydrogens (primary N) is 1. The van der Waals surface area contributed by atoms with Crippen LogP contribution < -0.4 is 16.6 Å². The van der Waals surface area contributed by atoms with Crippen LogP contribution in [0.1, 0.15) is 98.8 Å². The van der Waals surface area contributed by atoms with Gasteiger partial charge in [-0.05, 0) is 79.2 Å². The maximum atomic E-state index is 9.50. The fourth-order valence-corrected chi connectivity index (χ4v) is 4.95. The molecule has 0 bridgehead atoms. The van der Waals surface area contributed by atoms with Crippen LogP contribution in [-0.4, -0.2) is 74.5 Å². The van der Waals surface area contributed by atoms with Crippen LogP contribution in [0.15, 0.2) is 23.8 Å². The van der Waals surface area contributed by atoms with Crippen LogP contribution in [-0.2, 0) is 0 Å². The summed E-state index contributed by atoms with van der Waals surface area (Å²) in [5, 5.41) is 20.0. The van der Waals surface area contributed by atoms with E-state index in [1.54, 1.807) is 14.0 Å². The van der Waals surface area contributed by atoms with Crippen molar-refractivity contribution in [1.82, 2.24) is 20.5 Å². The minimum atomic E-state index is 0.133. The molecule has 0 heterocycles. The lowest BCUT2D eigenvalue weighted by Gasteiger charge is -2.37. The maximum absolute atomic E-state index is 9.50. The van der Waals surface area contributed by atoms with Gasteiger partial charge in [-0.3, -0.25) is 26.5 Å². The van der Waals surface area contributed by atoms with Crippen molar-refractivity contribution in [2.75, 3.05) is 34.9 Å². The highest BCUT2D eigenvalue weighted by atomic mass is 19.1. The van der Waals surface area contributed by atoms with Crippen molar-refractivity contribution in [3.05, 3.63) is 23.8 Å². The lowest BCUT2D eigenvalue weighted by molar-refractivity contribution is 0.193. The number of likely N-dealkylation sites (N-methyl/N-ethyl adjacent to an activating group) is 1. The Morgan fingerprint density at radius 1 is 1.05 bits per heavy atom. The van der Waals surface area contributed by atoms with Gasteiger partial charge in [0, 0.05) is 24.0 Å². The molecule has 1 saturated carbocycles. The third-order valence-corrected chi connectivity index (χ3v) is 7.11. The van der Waals surface area contributed by atoms with Crippen LogP contribution in [0, 0.1) is 16.7 Å². The smallest absolute Gasteiger partial charge is 0.104 e. The fourth-order valence-electron chi connectivity index (χ4n) is 4.95. The van der Waals surface area contributed by atoms with E-state index in [0.717, 1.165) is 38.6 Å². The average molecular weight is 540 g/mol. The molecule has 2 aliphatic carbocycles. The predicted molar refractivity (Wildman–Crippen MR) is 166 cm³/mol. The van der Waals surface area contributed by atoms with Crippen molar-refractivity contribution in [2.24, 2.45) is 11.8 Å². The van der Waals surface area contributed by atoms with Crippen molar-refractivity contribution in [3.63, 3.8) is 0 Å². The molecule has 3 atom stereocenters. The number of halogens is 1. The number of hydrogen-bond donors (Lipinski definition) is 5. The van der Waals surface area contributed by atoms with Crippen molar-refractivity contribution in [1.29, 1.82) is 10.8 Å². The zero-order chi connectivity index (χ0) is 29.5. The van der Waals surface area contributed by atoms with E-state index < -0.39 is 0 Å². The van der Waals surface area contributed by atoms with Gasteiger partial charge in [0.05, 0.1) is 13.0 Å². The first kappa shape index (κ1) is 38.5. The summed E-state index contributed by atoms with van der Waals surface area (Å²) in [4.78, 5) is 4.36. The van der Waals surface area contributed by atoms with Gasteiger partial charge in [-0.2, -0.15) is 0 Å². The summed E-state index contributed by atoms with van der Waals surface area (Å²) in [5.74, 6) is 5.74. The van der Waals surface area contributed by atoms with Gasteiger partial charge in [0.25, 0.3) is 0 Å². The second-order valence-electron chi connectivity index (χ2n) is 10.5. The van der Waals surface area contributed by atoms with E-state index in [-0.39, 0.29) is 12.0 Å². The zero-order valence-corrected chi connectivity index (χ0v) is 26.2. The van der Waals surface area contributed by atoms with Crippen LogP contribution in [0.4, 0.5) is 4.39 Å². The molecule has 8 heteroatoms. The topological polar surface area (TPSA) is 104 Å². The summed E-state index contributed by atoms with van der Waals surface area (Å²) < 4.78 is 9.50. The summed E-state index contributed by atoms with van der Waals surface area (Å²) >= 11 is 0. The van der Waals surface area contributed by atoms with Crippen LogP contribution in [0.3, 0.4) is 0 Å². The molecular weight excluding hydrogens is 477 g/mol. The molecule has 0 aromatic rings. The Balaban J connectivity index is 0. The molecular formula is C30H62FN7. The molecule has 38 heavy (non-hydrogen) atoms. The number of alkyl halides is 1. The standard InChI is InChI=1S/C23H43N5.C5H10.CH3F.CH6N2/c1-8-21(16-18(4)28(19(5)24)23(25)17(2)3)27(7)15-14-22(26-6)20-12-10-9-11-13-20;1-2-4-5-3-1;1-2;1-3-2/h10,12-13,17-18,21-22,24-26H,8-9,11,14-16H2,1-7H3;1-5H2;1H3;3H,2H2,1H3. The second-order valence-corrected chi connectivity index (χ2v) is 10.5. The zero-order valence-electron chi connectivity index (χ0n) is 26.2. The highest BCUT2D eigenvalue weighted by Crippen LogP contribution is 2.20. The van der Waals surface area contributed by atoms with Crippen LogP contribution >= 0.6 is 0 Å². The van der Waals surface area contributed by atoms with E-state index in [9.17, 15) is 4.39 Å². The Bertz CT molecular complexity index is 651. The molecule has 224 valence electrons. The molecule has 3 unspecified atom stereocenters. The van der Waals surface area contributed by atoms with Crippen LogP contribution in [0.2, 0.25) is 0 Å². The Labute approximate surface area is 234 Å². The summed E-state index contributed by atoms with van der Waals surface area (Å²) in [6.07, 6.45) is 19.8. The van der Waals surface area contributed by atoms with E-state index in [4.69, 9.17) is 10.8 Å². The van der Waals surface area contributed by atoms with Crippen LogP contribution in [0.25, 0.3) is 0 Å². The summed E-state index contributed by atoms with van der Waals surface area (Å²) in [7, 11) is 6.42. The lowest BCUT2D eigenvalue weighted by atomic mass is 9.97. The molecule has 7 nitrogen and oxygen atoms in total. The molecule has 0 amide bonds. The van der Waals surface area contributed by atoms with E-state index >= 15 is 0 Å². The quantitative estimate of drug-likeness (QED) is 0.0920. The SMILES string of the molecule is C1CCCC1.CCC(CC(C)N(C(C)=N)C(=N)C(C)C)N(C)CCC(NC)C1=CCCC=C1.CF.CNN. The van der Waals surface area contributed by atoms with Crippen molar-refractivity contribution in [2.45, 2.75) is 117 Å². The molecule has 1 fully saturated rings. The Morgan fingerprint density at radius 3 is 1.95 bits per heavy atom. The highest BCUT2D eigenvalue weighted by molar-refractivity contribution is 5.98. The Morgan fingerprint density at radius 2 is 1.58 bits per heavy atom. The molecule has 2 rings (SSSR count). The van der Waals surface area contributed by atoms with E-state index in [2.05, 4.69) is 67.7 Å². The number of nitrogens with one attached hydrogen (secondary N) is 4. The molecule has 0 radical (unpaired) electrons. The summed E-state index contributed by atoms with van der Waals surface area (Å²) in [6.45, 7) is 11.3. The van der Waals surface area contributed by atoms with Gasteiger partial charge in [-0.1, -0.05) is 71.1 Å². The number of amidine groups is 2. The summed E-state index contributed by atoms with van der Waals surface area (Å²) in [5.41, 5.74) is 3.67. The van der Waals surface area contributed by atoms with Crippen molar-refractivity contribution >= 4 is 11.7 Å². The third kappa shape index (κ3) is 16.4. The normalized spacial score (nSPS) is 16.6. The van der Waals surface area contributed by atoms with Gasteiger partial charge in [-0.15, -0.1) is 0 Å². The highest BCUT2D eigenvalue weighted by Gasteiger charge is 2.25. The van der Waals surface area contributed by atoms with Gasteiger partial charge in [0.15, 0.2) is 0 Å². The van der Waals surface area contributed by atoms with Gasteiger partial charge < -0.3 is 15.1 Å². The van der Waals surface area contributed by atoms with Crippen molar-refractivity contribution in [3.8, 4) is 0 Å². The number of allylic oxidation sites excluding steroid dienone is 2. The number of hydrazine groups is 1. The Hall–Kier alpha value is -1.61. The van der Waals surface area contributed by atoms with Crippen LogP contribution in [0.5, 0.6) is 0 Å². The van der Waals surface area contributed by atoms with Gasteiger partial charge in [0.2, 0.25) is 0 Å². The van der Waals surface area contributed by atoms with Gasteiger partial charge in [0.1, 0.15) is 5.84 Å². The van der Waals surface area contributed by atoms with E-state index in [0.29, 0.717) is 30.9 Å².